The lowest BCUT2D eigenvalue weighted by Gasteiger charge is -2.19. The van der Waals surface area contributed by atoms with Crippen molar-refractivity contribution in [2.45, 2.75) is 20.8 Å². The molecule has 0 aliphatic rings. The van der Waals surface area contributed by atoms with E-state index < -0.39 is 17.6 Å². The van der Waals surface area contributed by atoms with Crippen LogP contribution in [-0.2, 0) is 4.79 Å². The van der Waals surface area contributed by atoms with E-state index in [0.717, 1.165) is 0 Å². The van der Waals surface area contributed by atoms with Gasteiger partial charge in [0.2, 0.25) is 5.91 Å². The Hall–Kier alpha value is -2.11. The van der Waals surface area contributed by atoms with Crippen LogP contribution >= 0.6 is 0 Å². The Kier molecular flexibility index (Phi) is 4.86. The maximum Gasteiger partial charge on any atom is 0.235 e. The van der Waals surface area contributed by atoms with Gasteiger partial charge < -0.3 is 16.3 Å². The molecule has 0 fully saturated rings. The van der Waals surface area contributed by atoms with Crippen LogP contribution < -0.4 is 11.1 Å². The number of carbonyl (C=O) groups excluding carboxylic acids is 1. The number of hydrogen-bond acceptors (Lipinski definition) is 3. The maximum absolute atomic E-state index is 13.6. The summed E-state index contributed by atoms with van der Waals surface area (Å²) in [5.41, 5.74) is 6.22. The number of anilines is 1. The molecule has 0 saturated carbocycles. The predicted molar refractivity (Wildman–Crippen MR) is 71.5 cm³/mol. The van der Waals surface area contributed by atoms with Gasteiger partial charge in [-0.3, -0.25) is 4.79 Å². The van der Waals surface area contributed by atoms with E-state index in [1.807, 2.05) is 0 Å². The second-order valence-corrected chi connectivity index (χ2v) is 4.67. The predicted octanol–water partition coefficient (Wildman–Crippen LogP) is 2.09. The highest BCUT2D eigenvalue weighted by atomic mass is 19.1. The molecule has 1 aromatic carbocycles. The molecule has 1 aromatic rings. The van der Waals surface area contributed by atoms with E-state index in [1.54, 1.807) is 32.9 Å². The third-order valence-corrected chi connectivity index (χ3v) is 2.85. The summed E-state index contributed by atoms with van der Waals surface area (Å²) in [5, 5.41) is 14.0. The molecule has 4 N–H and O–H groups in total. The lowest BCUT2D eigenvalue weighted by atomic mass is 9.93. The molecule has 0 bridgehead atoms. The van der Waals surface area contributed by atoms with Crippen LogP contribution in [0.1, 0.15) is 19.4 Å². The standard InChI is InChI=1S/C13H18FN3O2/c1-7(2)10(12(15)17-19)13(18)16-11-8(3)5-4-6-9(11)14/h4-7,10,19H,1-3H3,(H2,15,17)(H,16,18). The van der Waals surface area contributed by atoms with E-state index in [2.05, 4.69) is 10.5 Å². The van der Waals surface area contributed by atoms with Gasteiger partial charge in [-0.05, 0) is 24.5 Å². The van der Waals surface area contributed by atoms with Crippen LogP contribution in [0.15, 0.2) is 23.4 Å². The molecule has 0 heterocycles. The van der Waals surface area contributed by atoms with Gasteiger partial charge in [0.25, 0.3) is 0 Å². The molecule has 104 valence electrons. The first-order valence-electron chi connectivity index (χ1n) is 5.91. The van der Waals surface area contributed by atoms with Crippen molar-refractivity contribution in [3.8, 4) is 0 Å². The fraction of sp³-hybridized carbons (Fsp3) is 0.385. The Labute approximate surface area is 111 Å². The molecule has 1 amide bonds. The van der Waals surface area contributed by atoms with E-state index in [4.69, 9.17) is 10.9 Å². The lowest BCUT2D eigenvalue weighted by Crippen LogP contribution is -2.38. The number of nitrogens with zero attached hydrogens (tertiary/aromatic N) is 1. The van der Waals surface area contributed by atoms with Crippen LogP contribution in [-0.4, -0.2) is 17.0 Å². The number of halogens is 1. The fourth-order valence-electron chi connectivity index (χ4n) is 1.83. The van der Waals surface area contributed by atoms with Gasteiger partial charge in [0.1, 0.15) is 11.7 Å². The summed E-state index contributed by atoms with van der Waals surface area (Å²) in [6.07, 6.45) is 0. The second kappa shape index (κ2) is 6.17. The number of nitrogens with one attached hydrogen (secondary N) is 1. The van der Waals surface area contributed by atoms with E-state index in [1.165, 1.54) is 6.07 Å². The Morgan fingerprint density at radius 1 is 1.47 bits per heavy atom. The highest BCUT2D eigenvalue weighted by Gasteiger charge is 2.27. The highest BCUT2D eigenvalue weighted by Crippen LogP contribution is 2.21. The van der Waals surface area contributed by atoms with Crippen molar-refractivity contribution < 1.29 is 14.4 Å². The van der Waals surface area contributed by atoms with Crippen molar-refractivity contribution in [3.05, 3.63) is 29.6 Å². The number of carbonyl (C=O) groups is 1. The van der Waals surface area contributed by atoms with E-state index in [9.17, 15) is 9.18 Å². The summed E-state index contributed by atoms with van der Waals surface area (Å²) in [7, 11) is 0. The van der Waals surface area contributed by atoms with Crippen molar-refractivity contribution in [3.63, 3.8) is 0 Å². The first-order chi connectivity index (χ1) is 8.88. The van der Waals surface area contributed by atoms with Gasteiger partial charge in [-0.15, -0.1) is 0 Å². The zero-order valence-corrected chi connectivity index (χ0v) is 11.1. The maximum atomic E-state index is 13.6. The number of amides is 1. The SMILES string of the molecule is Cc1cccc(F)c1NC(=O)C(/C(N)=N/O)C(C)C. The van der Waals surface area contributed by atoms with E-state index >= 15 is 0 Å². The zero-order chi connectivity index (χ0) is 14.6. The van der Waals surface area contributed by atoms with Gasteiger partial charge in [0.05, 0.1) is 5.69 Å². The summed E-state index contributed by atoms with van der Waals surface area (Å²) < 4.78 is 13.6. The van der Waals surface area contributed by atoms with Crippen LogP contribution in [0.4, 0.5) is 10.1 Å². The largest absolute Gasteiger partial charge is 0.409 e. The third-order valence-electron chi connectivity index (χ3n) is 2.85. The molecule has 1 unspecified atom stereocenters. The average Bonchev–Trinajstić information content (AvgIpc) is 2.33. The summed E-state index contributed by atoms with van der Waals surface area (Å²) in [6, 6.07) is 4.51. The summed E-state index contributed by atoms with van der Waals surface area (Å²) in [4.78, 5) is 12.1. The molecule has 0 saturated heterocycles. The number of benzene rings is 1. The van der Waals surface area contributed by atoms with Crippen LogP contribution in [0.25, 0.3) is 0 Å². The van der Waals surface area contributed by atoms with Gasteiger partial charge in [0.15, 0.2) is 5.84 Å². The molecule has 1 rings (SSSR count). The molecule has 6 heteroatoms. The van der Waals surface area contributed by atoms with Gasteiger partial charge >= 0.3 is 0 Å². The van der Waals surface area contributed by atoms with Crippen molar-refractivity contribution in [1.82, 2.24) is 0 Å². The average molecular weight is 267 g/mol. The summed E-state index contributed by atoms with van der Waals surface area (Å²) in [5.74, 6) is -2.21. The molecule has 0 radical (unpaired) electrons. The van der Waals surface area contributed by atoms with Gasteiger partial charge in [-0.25, -0.2) is 4.39 Å². The molecule has 19 heavy (non-hydrogen) atoms. The van der Waals surface area contributed by atoms with Crippen molar-refractivity contribution in [1.29, 1.82) is 0 Å². The number of oxime groups is 1. The van der Waals surface area contributed by atoms with Crippen LogP contribution in [0.5, 0.6) is 0 Å². The quantitative estimate of drug-likeness (QED) is 0.338. The number of aryl methyl sites for hydroxylation is 1. The number of para-hydroxylation sites is 1. The number of rotatable bonds is 4. The van der Waals surface area contributed by atoms with Crippen molar-refractivity contribution >= 4 is 17.4 Å². The molecule has 0 spiro atoms. The molecule has 0 aliphatic carbocycles. The van der Waals surface area contributed by atoms with Crippen molar-refractivity contribution in [2.24, 2.45) is 22.7 Å². The van der Waals surface area contributed by atoms with Gasteiger partial charge in [0, 0.05) is 0 Å². The number of hydrogen-bond donors (Lipinski definition) is 3. The first-order valence-corrected chi connectivity index (χ1v) is 5.91. The molecule has 0 aliphatic heterocycles. The zero-order valence-electron chi connectivity index (χ0n) is 11.1. The molecule has 1 atom stereocenters. The highest BCUT2D eigenvalue weighted by molar-refractivity contribution is 6.08. The Balaban J connectivity index is 3.01. The smallest absolute Gasteiger partial charge is 0.235 e. The van der Waals surface area contributed by atoms with E-state index in [-0.39, 0.29) is 17.4 Å². The number of nitrogens with two attached hydrogens (primary N) is 1. The van der Waals surface area contributed by atoms with E-state index in [0.29, 0.717) is 5.56 Å². The molecular weight excluding hydrogens is 249 g/mol. The summed E-state index contributed by atoms with van der Waals surface area (Å²) >= 11 is 0. The summed E-state index contributed by atoms with van der Waals surface area (Å²) in [6.45, 7) is 5.21. The molecule has 0 aromatic heterocycles. The first kappa shape index (κ1) is 14.9. The minimum Gasteiger partial charge on any atom is -0.409 e. The fourth-order valence-corrected chi connectivity index (χ4v) is 1.83. The Morgan fingerprint density at radius 3 is 2.58 bits per heavy atom. The third kappa shape index (κ3) is 3.43. The van der Waals surface area contributed by atoms with Crippen LogP contribution in [0.3, 0.4) is 0 Å². The Morgan fingerprint density at radius 2 is 2.11 bits per heavy atom. The lowest BCUT2D eigenvalue weighted by molar-refractivity contribution is -0.119. The van der Waals surface area contributed by atoms with Crippen LogP contribution in [0, 0.1) is 24.6 Å². The monoisotopic (exact) mass is 267 g/mol. The second-order valence-electron chi connectivity index (χ2n) is 4.67. The van der Waals surface area contributed by atoms with Gasteiger partial charge in [-0.2, -0.15) is 0 Å². The van der Waals surface area contributed by atoms with Gasteiger partial charge in [-0.1, -0.05) is 31.1 Å². The minimum atomic E-state index is -0.816. The normalized spacial score (nSPS) is 13.4. The van der Waals surface area contributed by atoms with Crippen molar-refractivity contribution in [2.75, 3.05) is 5.32 Å². The Bertz CT molecular complexity index is 480. The minimum absolute atomic E-state index is 0.115. The number of amidine groups is 1. The topological polar surface area (TPSA) is 87.7 Å². The molecular formula is C13H18FN3O2. The van der Waals surface area contributed by atoms with Crippen LogP contribution in [0.2, 0.25) is 0 Å². The molecule has 5 nitrogen and oxygen atoms in total.